The number of likely N-dealkylation sites (N-methyl/N-ethyl adjacent to an activating group) is 1. The van der Waals surface area contributed by atoms with Crippen LogP contribution in [0, 0.1) is 5.92 Å². The monoisotopic (exact) mass is 806 g/mol. The largest absolute Gasteiger partial charge is 0.324 e. The van der Waals surface area contributed by atoms with Crippen molar-refractivity contribution in [1.82, 2.24) is 26.6 Å². The second-order valence-corrected chi connectivity index (χ2v) is 16.0. The highest BCUT2D eigenvalue weighted by molar-refractivity contribution is 6.05. The lowest BCUT2D eigenvalue weighted by molar-refractivity contribution is -0.131. The van der Waals surface area contributed by atoms with Gasteiger partial charge in [0.15, 0.2) is 34.7 Å². The van der Waals surface area contributed by atoms with E-state index < -0.39 is 29.7 Å². The van der Waals surface area contributed by atoms with Gasteiger partial charge in [-0.15, -0.1) is 0 Å². The SMILES string of the molecule is CCCC[C@H](NCC(=O)[C@H](C)NCCC(=O)[C@H](C)NCC(=O)[C@H](C)CCC/C=C/CCCCCC[C@@](C)(N)C(=O)CC(=O)[C@H](C)NC)C(=O)CN[C@@H](C)C(=O)CN. The van der Waals surface area contributed by atoms with Gasteiger partial charge in [-0.2, -0.15) is 0 Å². The molecule has 0 aliphatic heterocycles. The number of ketones is 7. The normalized spacial score (nSPS) is 16.0. The summed E-state index contributed by atoms with van der Waals surface area (Å²) in [7, 11) is 1.69. The van der Waals surface area contributed by atoms with Gasteiger partial charge < -0.3 is 38.1 Å². The Kier molecular flexibility index (Phi) is 29.6. The van der Waals surface area contributed by atoms with Crippen molar-refractivity contribution >= 4 is 40.5 Å². The molecule has 0 heterocycles. The number of carbonyl (C=O) groups is 7. The third kappa shape index (κ3) is 24.6. The fourth-order valence-electron chi connectivity index (χ4n) is 5.97. The van der Waals surface area contributed by atoms with Gasteiger partial charge in [0, 0.05) is 18.9 Å². The van der Waals surface area contributed by atoms with E-state index in [1.54, 1.807) is 41.7 Å². The fraction of sp³-hybridized carbons (Fsp3) is 0.791. The Hall–Kier alpha value is -2.85. The molecular weight excluding hydrogens is 727 g/mol. The van der Waals surface area contributed by atoms with Crippen LogP contribution in [0.4, 0.5) is 0 Å². The summed E-state index contributed by atoms with van der Waals surface area (Å²) in [6.45, 7) is 12.9. The van der Waals surface area contributed by atoms with Gasteiger partial charge in [-0.3, -0.25) is 33.6 Å². The molecule has 0 unspecified atom stereocenters. The predicted molar refractivity (Wildman–Crippen MR) is 228 cm³/mol. The summed E-state index contributed by atoms with van der Waals surface area (Å²) < 4.78 is 0. The van der Waals surface area contributed by atoms with Gasteiger partial charge in [0.1, 0.15) is 5.78 Å². The van der Waals surface area contributed by atoms with Crippen LogP contribution in [-0.2, 0) is 33.6 Å². The summed E-state index contributed by atoms with van der Waals surface area (Å²) in [4.78, 5) is 87.2. The smallest absolute Gasteiger partial charge is 0.163 e. The molecule has 0 aliphatic carbocycles. The Labute approximate surface area is 343 Å². The summed E-state index contributed by atoms with van der Waals surface area (Å²) in [5.41, 5.74) is 10.6. The zero-order valence-corrected chi connectivity index (χ0v) is 36.6. The van der Waals surface area contributed by atoms with Gasteiger partial charge >= 0.3 is 0 Å². The van der Waals surface area contributed by atoms with Crippen LogP contribution in [-0.4, -0.2) is 116 Å². The maximum absolute atomic E-state index is 12.8. The van der Waals surface area contributed by atoms with Crippen LogP contribution in [0.15, 0.2) is 12.2 Å². The van der Waals surface area contributed by atoms with Crippen molar-refractivity contribution in [2.45, 2.75) is 174 Å². The van der Waals surface area contributed by atoms with Crippen LogP contribution in [0.1, 0.15) is 138 Å². The van der Waals surface area contributed by atoms with Gasteiger partial charge in [-0.25, -0.2) is 0 Å². The summed E-state index contributed by atoms with van der Waals surface area (Å²) in [5.74, 6) is -0.857. The third-order valence-electron chi connectivity index (χ3n) is 10.8. The van der Waals surface area contributed by atoms with E-state index in [0.717, 1.165) is 64.2 Å². The summed E-state index contributed by atoms with van der Waals surface area (Å²) in [6, 6.07) is -2.41. The van der Waals surface area contributed by atoms with E-state index in [-0.39, 0.29) is 91.5 Å². The number of hydrogen-bond acceptors (Lipinski definition) is 14. The minimum atomic E-state index is -0.979. The van der Waals surface area contributed by atoms with Gasteiger partial charge in [0.2, 0.25) is 0 Å². The van der Waals surface area contributed by atoms with Gasteiger partial charge in [-0.1, -0.05) is 58.1 Å². The van der Waals surface area contributed by atoms with Crippen LogP contribution in [0.3, 0.4) is 0 Å². The first-order valence-electron chi connectivity index (χ1n) is 21.4. The molecule has 0 saturated heterocycles. The summed E-state index contributed by atoms with van der Waals surface area (Å²) >= 11 is 0. The molecule has 0 radical (unpaired) electrons. The van der Waals surface area contributed by atoms with Gasteiger partial charge in [-0.05, 0) is 86.6 Å². The predicted octanol–water partition coefficient (Wildman–Crippen LogP) is 2.82. The number of nitrogens with two attached hydrogens (primary N) is 2. The van der Waals surface area contributed by atoms with Crippen molar-refractivity contribution < 1.29 is 33.6 Å². The molecule has 0 spiro atoms. The molecule has 0 aromatic carbocycles. The van der Waals surface area contributed by atoms with Crippen molar-refractivity contribution in [3.8, 4) is 0 Å². The van der Waals surface area contributed by atoms with Crippen molar-refractivity contribution in [2.24, 2.45) is 17.4 Å². The summed E-state index contributed by atoms with van der Waals surface area (Å²) in [5, 5.41) is 15.0. The van der Waals surface area contributed by atoms with E-state index in [1.807, 2.05) is 13.8 Å². The molecule has 7 atom stereocenters. The molecule has 57 heavy (non-hydrogen) atoms. The highest BCUT2D eigenvalue weighted by Gasteiger charge is 2.30. The highest BCUT2D eigenvalue weighted by atomic mass is 16.2. The first-order chi connectivity index (χ1) is 26.9. The Balaban J connectivity index is 4.27. The van der Waals surface area contributed by atoms with E-state index in [1.165, 1.54) is 0 Å². The van der Waals surface area contributed by atoms with E-state index in [2.05, 4.69) is 38.7 Å². The molecule has 328 valence electrons. The van der Waals surface area contributed by atoms with E-state index >= 15 is 0 Å². The first kappa shape index (κ1) is 54.2. The Morgan fingerprint density at radius 1 is 0.614 bits per heavy atom. The molecule has 0 aromatic heterocycles. The van der Waals surface area contributed by atoms with E-state index in [4.69, 9.17) is 11.5 Å². The quantitative estimate of drug-likeness (QED) is 0.0271. The van der Waals surface area contributed by atoms with E-state index in [9.17, 15) is 33.6 Å². The lowest BCUT2D eigenvalue weighted by Gasteiger charge is -2.23. The molecule has 0 aliphatic rings. The molecule has 9 N–H and O–H groups in total. The molecule has 14 heteroatoms. The lowest BCUT2D eigenvalue weighted by atomic mass is 9.87. The minimum absolute atomic E-state index is 0.000255. The summed E-state index contributed by atoms with van der Waals surface area (Å²) in [6.07, 6.45) is 14.7. The van der Waals surface area contributed by atoms with Crippen LogP contribution < -0.4 is 38.1 Å². The number of allylic oxidation sites excluding steroid dienone is 2. The number of nitrogens with one attached hydrogen (secondary N) is 5. The molecule has 0 amide bonds. The Morgan fingerprint density at radius 3 is 1.79 bits per heavy atom. The molecular formula is C43H79N7O7. The van der Waals surface area contributed by atoms with Crippen LogP contribution in [0.25, 0.3) is 0 Å². The molecule has 0 fully saturated rings. The third-order valence-corrected chi connectivity index (χ3v) is 10.8. The highest BCUT2D eigenvalue weighted by Crippen LogP contribution is 2.17. The number of Topliss-reactive ketones (excluding diaryl/α,β-unsaturated/α-hetero) is 7. The van der Waals surface area contributed by atoms with Crippen molar-refractivity contribution in [3.63, 3.8) is 0 Å². The second-order valence-electron chi connectivity index (χ2n) is 16.0. The fourth-order valence-corrected chi connectivity index (χ4v) is 5.97. The van der Waals surface area contributed by atoms with Crippen molar-refractivity contribution in [2.75, 3.05) is 39.8 Å². The molecule has 0 bridgehead atoms. The molecule has 0 aromatic rings. The second kappa shape index (κ2) is 31.1. The average molecular weight is 806 g/mol. The number of rotatable bonds is 38. The maximum Gasteiger partial charge on any atom is 0.163 e. The van der Waals surface area contributed by atoms with Gasteiger partial charge in [0.25, 0.3) is 0 Å². The lowest BCUT2D eigenvalue weighted by Crippen LogP contribution is -2.49. The first-order valence-corrected chi connectivity index (χ1v) is 21.4. The topological polar surface area (TPSA) is 232 Å². The number of unbranched alkanes of at least 4 members (excludes halogenated alkanes) is 6. The minimum Gasteiger partial charge on any atom is -0.324 e. The molecule has 0 saturated carbocycles. The standard InChI is InChI=1S/C43H79N7O7/c1-9-10-21-35(41(56)29-49-33(5)38(53)26-44)50-28-40(55)34(6)47-24-22-36(51)32(4)48-27-39(54)30(2)20-18-16-14-12-11-13-15-17-19-23-43(7,45)42(57)25-37(52)31(3)46-8/h12,14,30-35,46-50H,9-11,13,15-29,44-45H2,1-8H3/b14-12+/t30-,31+,32+,33+,34+,35+,43-/m1/s1. The zero-order valence-electron chi connectivity index (χ0n) is 36.6. The average Bonchev–Trinajstić information content (AvgIpc) is 3.19. The van der Waals surface area contributed by atoms with Gasteiger partial charge in [0.05, 0.1) is 68.3 Å². The maximum atomic E-state index is 12.8. The van der Waals surface area contributed by atoms with E-state index in [0.29, 0.717) is 19.4 Å². The van der Waals surface area contributed by atoms with Crippen LogP contribution in [0.5, 0.6) is 0 Å². The number of carbonyl (C=O) groups excluding carboxylic acids is 7. The number of hydrogen-bond donors (Lipinski definition) is 7. The van der Waals surface area contributed by atoms with Crippen molar-refractivity contribution in [3.05, 3.63) is 12.2 Å². The molecule has 0 rings (SSSR count). The van der Waals surface area contributed by atoms with Crippen molar-refractivity contribution in [1.29, 1.82) is 0 Å². The zero-order chi connectivity index (χ0) is 43.4. The Bertz CT molecular complexity index is 1270. The molecule has 14 nitrogen and oxygen atoms in total. The van der Waals surface area contributed by atoms with Crippen LogP contribution in [0.2, 0.25) is 0 Å². The Morgan fingerprint density at radius 2 is 1.18 bits per heavy atom. The van der Waals surface area contributed by atoms with Crippen LogP contribution >= 0.6 is 0 Å².